The summed E-state index contributed by atoms with van der Waals surface area (Å²) in [5, 5.41) is 3.57. The second-order valence-corrected chi connectivity index (χ2v) is 5.98. The maximum absolute atomic E-state index is 5.50. The monoisotopic (exact) mass is 277 g/mol. The van der Waals surface area contributed by atoms with Crippen LogP contribution in [0.25, 0.3) is 0 Å². The van der Waals surface area contributed by atoms with E-state index >= 15 is 0 Å². The lowest BCUT2D eigenvalue weighted by atomic mass is 9.97. The molecule has 0 radical (unpaired) electrons. The molecule has 1 saturated carbocycles. The molecule has 1 aliphatic carbocycles. The van der Waals surface area contributed by atoms with Crippen LogP contribution in [0, 0.1) is 0 Å². The van der Waals surface area contributed by atoms with E-state index in [1.807, 2.05) is 6.07 Å². The van der Waals surface area contributed by atoms with E-state index in [4.69, 9.17) is 5.84 Å². The number of hydrazine groups is 1. The van der Waals surface area contributed by atoms with Gasteiger partial charge in [-0.05, 0) is 12.8 Å². The standard InChI is InChI=1S/C15H27N5/c1-11(2)15-18-13(10-14(19-15)20-16)17-12-8-6-4-3-5-7-9-12/h10-12H,3-9,16H2,1-2H3,(H2,17,18,19,20). The van der Waals surface area contributed by atoms with Crippen LogP contribution in [-0.4, -0.2) is 16.0 Å². The van der Waals surface area contributed by atoms with Gasteiger partial charge in [-0.25, -0.2) is 15.8 Å². The molecule has 2 rings (SSSR count). The van der Waals surface area contributed by atoms with Crippen LogP contribution in [0.2, 0.25) is 0 Å². The van der Waals surface area contributed by atoms with Gasteiger partial charge in [-0.15, -0.1) is 0 Å². The Labute approximate surface area is 121 Å². The number of nitrogens with zero attached hydrogens (tertiary/aromatic N) is 2. The average Bonchev–Trinajstić information content (AvgIpc) is 2.41. The molecule has 112 valence electrons. The van der Waals surface area contributed by atoms with Crippen LogP contribution in [0.1, 0.15) is 70.5 Å². The number of rotatable bonds is 4. The van der Waals surface area contributed by atoms with Crippen LogP contribution in [0.3, 0.4) is 0 Å². The topological polar surface area (TPSA) is 75.9 Å². The Morgan fingerprint density at radius 1 is 1.05 bits per heavy atom. The summed E-state index contributed by atoms with van der Waals surface area (Å²) in [6.07, 6.45) is 9.17. The van der Waals surface area contributed by atoms with Crippen molar-refractivity contribution in [2.75, 3.05) is 10.7 Å². The zero-order valence-electron chi connectivity index (χ0n) is 12.7. The number of nitrogen functional groups attached to an aromatic ring is 1. The molecule has 1 aromatic rings. The Kier molecular flexibility index (Phi) is 5.59. The highest BCUT2D eigenvalue weighted by atomic mass is 15.3. The molecule has 1 heterocycles. The molecule has 0 spiro atoms. The van der Waals surface area contributed by atoms with E-state index in [1.54, 1.807) is 0 Å². The number of anilines is 2. The summed E-state index contributed by atoms with van der Waals surface area (Å²) in [5.74, 6) is 8.19. The zero-order valence-corrected chi connectivity index (χ0v) is 12.7. The Hall–Kier alpha value is -1.36. The Morgan fingerprint density at radius 2 is 1.65 bits per heavy atom. The molecule has 1 aromatic heterocycles. The Balaban J connectivity index is 2.08. The van der Waals surface area contributed by atoms with Crippen molar-refractivity contribution in [2.45, 2.75) is 70.8 Å². The van der Waals surface area contributed by atoms with Crippen LogP contribution < -0.4 is 16.6 Å². The molecular formula is C15H27N5. The van der Waals surface area contributed by atoms with E-state index < -0.39 is 0 Å². The van der Waals surface area contributed by atoms with Gasteiger partial charge in [0.15, 0.2) is 0 Å². The molecule has 20 heavy (non-hydrogen) atoms. The first kappa shape index (κ1) is 15.0. The van der Waals surface area contributed by atoms with E-state index in [0.29, 0.717) is 17.8 Å². The fraction of sp³-hybridized carbons (Fsp3) is 0.733. The lowest BCUT2D eigenvalue weighted by molar-refractivity contribution is 0.470. The molecule has 0 bridgehead atoms. The van der Waals surface area contributed by atoms with Crippen LogP contribution in [0.4, 0.5) is 11.6 Å². The summed E-state index contributed by atoms with van der Waals surface area (Å²) < 4.78 is 0. The third-order valence-electron chi connectivity index (χ3n) is 3.86. The quantitative estimate of drug-likeness (QED) is 0.581. The normalized spacial score (nSPS) is 17.6. The fourth-order valence-electron chi connectivity index (χ4n) is 2.68. The van der Waals surface area contributed by atoms with Gasteiger partial charge in [-0.1, -0.05) is 46.0 Å². The second kappa shape index (κ2) is 7.43. The molecule has 0 unspecified atom stereocenters. The summed E-state index contributed by atoms with van der Waals surface area (Å²) >= 11 is 0. The van der Waals surface area contributed by atoms with Gasteiger partial charge in [-0.3, -0.25) is 0 Å². The SMILES string of the molecule is CC(C)c1nc(NN)cc(NC2CCCCCCC2)n1. The van der Waals surface area contributed by atoms with Crippen LogP contribution in [0.5, 0.6) is 0 Å². The van der Waals surface area contributed by atoms with Crippen molar-refractivity contribution >= 4 is 11.6 Å². The number of hydrogen-bond donors (Lipinski definition) is 3. The second-order valence-electron chi connectivity index (χ2n) is 5.98. The Bertz CT molecular complexity index is 411. The van der Waals surface area contributed by atoms with E-state index in [2.05, 4.69) is 34.6 Å². The predicted octanol–water partition coefficient (Wildman–Crippen LogP) is 3.41. The third-order valence-corrected chi connectivity index (χ3v) is 3.86. The summed E-state index contributed by atoms with van der Waals surface area (Å²) in [5.41, 5.74) is 2.63. The van der Waals surface area contributed by atoms with Gasteiger partial charge in [-0.2, -0.15) is 0 Å². The van der Waals surface area contributed by atoms with Crippen LogP contribution in [0.15, 0.2) is 6.07 Å². The summed E-state index contributed by atoms with van der Waals surface area (Å²) in [7, 11) is 0. The lowest BCUT2D eigenvalue weighted by Gasteiger charge is -2.22. The van der Waals surface area contributed by atoms with E-state index in [9.17, 15) is 0 Å². The smallest absolute Gasteiger partial charge is 0.145 e. The molecule has 0 saturated heterocycles. The number of nitrogens with two attached hydrogens (primary N) is 1. The highest BCUT2D eigenvalue weighted by Crippen LogP contribution is 2.22. The van der Waals surface area contributed by atoms with Crippen LogP contribution >= 0.6 is 0 Å². The molecule has 5 nitrogen and oxygen atoms in total. The van der Waals surface area contributed by atoms with Gasteiger partial charge in [0.25, 0.3) is 0 Å². The van der Waals surface area contributed by atoms with E-state index in [-0.39, 0.29) is 0 Å². The summed E-state index contributed by atoms with van der Waals surface area (Å²) in [4.78, 5) is 9.00. The maximum atomic E-state index is 5.50. The molecule has 0 atom stereocenters. The van der Waals surface area contributed by atoms with E-state index in [0.717, 1.165) is 11.6 Å². The summed E-state index contributed by atoms with van der Waals surface area (Å²) in [6, 6.07) is 2.42. The number of aromatic nitrogens is 2. The highest BCUT2D eigenvalue weighted by molar-refractivity contribution is 5.47. The fourth-order valence-corrected chi connectivity index (χ4v) is 2.68. The van der Waals surface area contributed by atoms with Gasteiger partial charge in [0, 0.05) is 18.0 Å². The van der Waals surface area contributed by atoms with Crippen molar-refractivity contribution in [3.8, 4) is 0 Å². The third kappa shape index (κ3) is 4.34. The van der Waals surface area contributed by atoms with Crippen molar-refractivity contribution in [1.82, 2.24) is 9.97 Å². The molecule has 1 aliphatic rings. The number of nitrogens with one attached hydrogen (secondary N) is 2. The van der Waals surface area contributed by atoms with Crippen molar-refractivity contribution in [3.63, 3.8) is 0 Å². The summed E-state index contributed by atoms with van der Waals surface area (Å²) in [6.45, 7) is 4.18. The predicted molar refractivity (Wildman–Crippen MR) is 83.7 cm³/mol. The van der Waals surface area contributed by atoms with Gasteiger partial charge in [0.1, 0.15) is 17.5 Å². The van der Waals surface area contributed by atoms with Crippen LogP contribution in [-0.2, 0) is 0 Å². The largest absolute Gasteiger partial charge is 0.367 e. The van der Waals surface area contributed by atoms with Gasteiger partial charge in [0.05, 0.1) is 0 Å². The highest BCUT2D eigenvalue weighted by Gasteiger charge is 2.14. The lowest BCUT2D eigenvalue weighted by Crippen LogP contribution is -2.22. The van der Waals surface area contributed by atoms with Gasteiger partial charge < -0.3 is 10.7 Å². The van der Waals surface area contributed by atoms with Gasteiger partial charge >= 0.3 is 0 Å². The van der Waals surface area contributed by atoms with Crippen molar-refractivity contribution in [3.05, 3.63) is 11.9 Å². The van der Waals surface area contributed by atoms with Crippen molar-refractivity contribution < 1.29 is 0 Å². The minimum Gasteiger partial charge on any atom is -0.367 e. The molecule has 0 amide bonds. The minimum absolute atomic E-state index is 0.293. The zero-order chi connectivity index (χ0) is 14.4. The number of hydrogen-bond acceptors (Lipinski definition) is 5. The first-order valence-corrected chi connectivity index (χ1v) is 7.81. The molecule has 1 fully saturated rings. The molecule has 0 aromatic carbocycles. The van der Waals surface area contributed by atoms with Crippen molar-refractivity contribution in [2.24, 2.45) is 5.84 Å². The molecule has 5 heteroatoms. The van der Waals surface area contributed by atoms with Gasteiger partial charge in [0.2, 0.25) is 0 Å². The first-order chi connectivity index (χ1) is 9.69. The molecule has 4 N–H and O–H groups in total. The Morgan fingerprint density at radius 3 is 2.25 bits per heavy atom. The molecule has 0 aliphatic heterocycles. The minimum atomic E-state index is 0.293. The maximum Gasteiger partial charge on any atom is 0.145 e. The average molecular weight is 277 g/mol. The van der Waals surface area contributed by atoms with Crippen molar-refractivity contribution in [1.29, 1.82) is 0 Å². The first-order valence-electron chi connectivity index (χ1n) is 7.81. The molecular weight excluding hydrogens is 250 g/mol. The van der Waals surface area contributed by atoms with E-state index in [1.165, 1.54) is 44.9 Å².